The summed E-state index contributed by atoms with van der Waals surface area (Å²) in [5.74, 6) is 3.69. The minimum absolute atomic E-state index is 0.0969. The molecule has 4 saturated carbocycles. The molecular weight excluding hydrogens is 482 g/mol. The number of carbonyl (C=O) groups is 3. The van der Waals surface area contributed by atoms with E-state index in [0.29, 0.717) is 24.1 Å². The average molecular weight is 522 g/mol. The summed E-state index contributed by atoms with van der Waals surface area (Å²) in [6.45, 7) is 1.74. The van der Waals surface area contributed by atoms with E-state index in [0.717, 1.165) is 34.5 Å². The van der Waals surface area contributed by atoms with Gasteiger partial charge in [0.25, 0.3) is 5.91 Å². The second-order valence-electron chi connectivity index (χ2n) is 12.7. The first kappa shape index (κ1) is 24.2. The molecule has 198 valence electrons. The number of carbonyl (C=O) groups excluding carboxylic acids is 3. The molecule has 37 heavy (non-hydrogen) atoms. The van der Waals surface area contributed by atoms with Gasteiger partial charge >= 0.3 is 0 Å². The molecule has 6 nitrogen and oxygen atoms in total. The zero-order chi connectivity index (χ0) is 25.4. The maximum atomic E-state index is 12.9. The Labute approximate surface area is 224 Å². The van der Waals surface area contributed by atoms with Gasteiger partial charge in [-0.3, -0.25) is 19.7 Å². The van der Waals surface area contributed by atoms with E-state index in [9.17, 15) is 14.4 Å². The fourth-order valence-corrected chi connectivity index (χ4v) is 10.5. The number of unbranched alkanes of at least 4 members (excludes halogenated alkanes) is 4. The Morgan fingerprint density at radius 1 is 1.03 bits per heavy atom. The van der Waals surface area contributed by atoms with Crippen molar-refractivity contribution in [3.8, 4) is 0 Å². The second-order valence-corrected chi connectivity index (χ2v) is 13.9. The predicted octanol–water partition coefficient (Wildman–Crippen LogP) is 4.61. The molecule has 1 saturated heterocycles. The van der Waals surface area contributed by atoms with Crippen molar-refractivity contribution in [2.45, 2.75) is 93.7 Å². The molecule has 2 aliphatic heterocycles. The van der Waals surface area contributed by atoms with Crippen LogP contribution in [0.2, 0.25) is 0 Å². The molecule has 5 fully saturated rings. The van der Waals surface area contributed by atoms with E-state index in [2.05, 4.69) is 23.3 Å². The maximum Gasteiger partial charge on any atom is 0.255 e. The molecular formula is C30H39N3O3S. The lowest BCUT2D eigenvalue weighted by Gasteiger charge is -2.92. The van der Waals surface area contributed by atoms with Crippen molar-refractivity contribution in [3.63, 3.8) is 0 Å². The predicted molar refractivity (Wildman–Crippen MR) is 143 cm³/mol. The van der Waals surface area contributed by atoms with E-state index in [4.69, 9.17) is 0 Å². The number of thioether (sulfide) groups is 1. The Bertz CT molecular complexity index is 1130. The highest BCUT2D eigenvalue weighted by Gasteiger charge is 2.88. The van der Waals surface area contributed by atoms with E-state index in [1.165, 1.54) is 56.4 Å². The Morgan fingerprint density at radius 3 is 2.51 bits per heavy atom. The molecule has 3 unspecified atom stereocenters. The summed E-state index contributed by atoms with van der Waals surface area (Å²) in [4.78, 5) is 42.2. The molecule has 1 spiro atoms. The van der Waals surface area contributed by atoms with Crippen LogP contribution >= 0.6 is 11.8 Å². The number of nitrogens with one attached hydrogen (secondary N) is 1. The monoisotopic (exact) mass is 521 g/mol. The minimum Gasteiger partial charge on any atom is -0.322 e. The molecule has 6 aliphatic rings. The third kappa shape index (κ3) is 3.38. The second kappa shape index (κ2) is 8.84. The van der Waals surface area contributed by atoms with E-state index in [1.54, 1.807) is 17.7 Å². The van der Waals surface area contributed by atoms with Crippen LogP contribution in [-0.2, 0) is 16.1 Å². The largest absolute Gasteiger partial charge is 0.322 e. The smallest absolute Gasteiger partial charge is 0.255 e. The molecule has 4 aliphatic carbocycles. The summed E-state index contributed by atoms with van der Waals surface area (Å²) >= 11 is 1.86. The fraction of sp³-hybridized carbons (Fsp3) is 0.700. The van der Waals surface area contributed by atoms with Crippen molar-refractivity contribution in [2.24, 2.45) is 23.2 Å². The highest BCUT2D eigenvalue weighted by Crippen LogP contribution is 2.90. The number of rotatable bonds is 11. The number of nitrogens with zero attached hydrogens (tertiary/aromatic N) is 2. The summed E-state index contributed by atoms with van der Waals surface area (Å²) in [7, 11) is 2.42. The normalized spacial score (nSPS) is 36.6. The van der Waals surface area contributed by atoms with Crippen LogP contribution in [0.1, 0.15) is 86.6 Å². The number of hydrogen-bond donors (Lipinski definition) is 1. The van der Waals surface area contributed by atoms with E-state index >= 15 is 0 Å². The molecule has 1 aromatic carbocycles. The Kier molecular flexibility index (Phi) is 5.78. The van der Waals surface area contributed by atoms with Crippen LogP contribution in [0.25, 0.3) is 0 Å². The van der Waals surface area contributed by atoms with Gasteiger partial charge in [-0.25, -0.2) is 0 Å². The number of benzene rings is 1. The standard InChI is InChI=1S/C30H39N3O3S/c1-32(29-16-21-14-20-15-22(17-29)30(20,21)29)11-5-3-2-4-6-12-37-23-7-8-24-19(13-23)18-33(28(24)36)25-9-10-26(34)31-27(25)35/h7-8,13,20-22,25H,2-6,9-12,14-18H2,1H3,(H,31,34,35). The van der Waals surface area contributed by atoms with Gasteiger partial charge < -0.3 is 9.80 Å². The van der Waals surface area contributed by atoms with Gasteiger partial charge in [-0.15, -0.1) is 11.8 Å². The fourth-order valence-electron chi connectivity index (χ4n) is 9.54. The number of imide groups is 1. The van der Waals surface area contributed by atoms with Crippen molar-refractivity contribution in [1.82, 2.24) is 15.1 Å². The molecule has 1 aromatic rings. The van der Waals surface area contributed by atoms with Gasteiger partial charge in [0.15, 0.2) is 0 Å². The van der Waals surface area contributed by atoms with Crippen molar-refractivity contribution in [1.29, 1.82) is 0 Å². The van der Waals surface area contributed by atoms with Crippen molar-refractivity contribution in [3.05, 3.63) is 29.3 Å². The zero-order valence-electron chi connectivity index (χ0n) is 22.0. The summed E-state index contributed by atoms with van der Waals surface area (Å²) < 4.78 is 0. The molecule has 2 heterocycles. The van der Waals surface area contributed by atoms with Gasteiger partial charge in [0.1, 0.15) is 6.04 Å². The van der Waals surface area contributed by atoms with Crippen LogP contribution in [0.5, 0.6) is 0 Å². The van der Waals surface area contributed by atoms with Gasteiger partial charge in [-0.1, -0.05) is 19.3 Å². The number of fused-ring (bicyclic) bond motifs is 1. The van der Waals surface area contributed by atoms with Gasteiger partial charge in [-0.05, 0) is 111 Å². The molecule has 7 rings (SSSR count). The summed E-state index contributed by atoms with van der Waals surface area (Å²) in [6, 6.07) is 5.52. The topological polar surface area (TPSA) is 69.7 Å². The van der Waals surface area contributed by atoms with Gasteiger partial charge in [0, 0.05) is 29.0 Å². The molecule has 0 bridgehead atoms. The summed E-state index contributed by atoms with van der Waals surface area (Å²) in [6.07, 6.45) is 13.3. The van der Waals surface area contributed by atoms with Crippen LogP contribution in [0.4, 0.5) is 0 Å². The molecule has 0 radical (unpaired) electrons. The quantitative estimate of drug-likeness (QED) is 0.262. The first-order chi connectivity index (χ1) is 17.9. The van der Waals surface area contributed by atoms with Crippen LogP contribution < -0.4 is 5.32 Å². The number of piperidine rings is 1. The lowest BCUT2D eigenvalue weighted by molar-refractivity contribution is -0.423. The SMILES string of the molecule is CN(CCCCCCCSc1ccc2c(c1)CN(C1CCC(=O)NC1=O)C2=O)C12CC3CC4CC(C1)C432. The van der Waals surface area contributed by atoms with E-state index < -0.39 is 6.04 Å². The van der Waals surface area contributed by atoms with Crippen molar-refractivity contribution >= 4 is 29.5 Å². The number of hydrogen-bond acceptors (Lipinski definition) is 5. The molecule has 7 heteroatoms. The molecule has 1 N–H and O–H groups in total. The Hall–Kier alpha value is -1.86. The van der Waals surface area contributed by atoms with Gasteiger partial charge in [0.2, 0.25) is 11.8 Å². The van der Waals surface area contributed by atoms with Crippen molar-refractivity contribution in [2.75, 3.05) is 19.3 Å². The van der Waals surface area contributed by atoms with Gasteiger partial charge in [-0.2, -0.15) is 0 Å². The zero-order valence-corrected chi connectivity index (χ0v) is 22.8. The summed E-state index contributed by atoms with van der Waals surface area (Å²) in [5.41, 5.74) is 3.12. The third-order valence-electron chi connectivity index (χ3n) is 11.3. The first-order valence-corrected chi connectivity index (χ1v) is 15.5. The maximum absolute atomic E-state index is 12.9. The van der Waals surface area contributed by atoms with Crippen LogP contribution in [-0.4, -0.2) is 58.4 Å². The lowest BCUT2D eigenvalue weighted by atomic mass is 9.15. The van der Waals surface area contributed by atoms with E-state index in [-0.39, 0.29) is 24.1 Å². The highest BCUT2D eigenvalue weighted by atomic mass is 32.2. The van der Waals surface area contributed by atoms with E-state index in [1.807, 2.05) is 23.9 Å². The van der Waals surface area contributed by atoms with Gasteiger partial charge in [0.05, 0.1) is 0 Å². The minimum atomic E-state index is -0.544. The lowest BCUT2D eigenvalue weighted by Crippen LogP contribution is -2.92. The first-order valence-electron chi connectivity index (χ1n) is 14.6. The summed E-state index contributed by atoms with van der Waals surface area (Å²) in [5, 5.41) is 2.37. The third-order valence-corrected chi connectivity index (χ3v) is 12.4. The molecule has 0 aromatic heterocycles. The van der Waals surface area contributed by atoms with Crippen LogP contribution in [0.15, 0.2) is 23.1 Å². The van der Waals surface area contributed by atoms with Crippen LogP contribution in [0, 0.1) is 23.2 Å². The molecule has 3 amide bonds. The Morgan fingerprint density at radius 2 is 1.78 bits per heavy atom. The Balaban J connectivity index is 0.807. The van der Waals surface area contributed by atoms with Crippen LogP contribution in [0.3, 0.4) is 0 Å². The average Bonchev–Trinajstić information content (AvgIpc) is 3.14. The van der Waals surface area contributed by atoms with Crippen molar-refractivity contribution < 1.29 is 14.4 Å². The molecule has 3 atom stereocenters. The highest BCUT2D eigenvalue weighted by molar-refractivity contribution is 7.99. The number of amides is 3.